The smallest absolute Gasteiger partial charge is 0.174 e. The van der Waals surface area contributed by atoms with Crippen molar-refractivity contribution < 1.29 is 4.39 Å². The molecule has 5 rings (SSSR count). The predicted octanol–water partition coefficient (Wildman–Crippen LogP) is 6.57. The zero-order valence-corrected chi connectivity index (χ0v) is 20.6. The number of para-hydroxylation sites is 1. The average molecular weight is 521 g/mol. The van der Waals surface area contributed by atoms with E-state index in [1.807, 2.05) is 41.3 Å². The first-order valence-corrected chi connectivity index (χ1v) is 11.9. The largest absolute Gasteiger partial charge is 0.351 e. The Bertz CT molecular complexity index is 1320. The third kappa shape index (κ3) is 3.85. The topological polar surface area (TPSA) is 33.1 Å². The molecule has 1 fully saturated rings. The van der Waals surface area contributed by atoms with Gasteiger partial charge < -0.3 is 14.8 Å². The van der Waals surface area contributed by atoms with E-state index in [0.29, 0.717) is 10.8 Å². The Morgan fingerprint density at radius 3 is 2.42 bits per heavy atom. The molecule has 0 spiro atoms. The summed E-state index contributed by atoms with van der Waals surface area (Å²) in [5, 5.41) is 3.89. The SMILES string of the molecule is Cc1cc([C@H]2[C@H](c3ccccn3)NC(=S)N2c2ccccc2F)c(C)n1-c1ccc(Br)cc1. The van der Waals surface area contributed by atoms with Crippen LogP contribution in [0.5, 0.6) is 0 Å². The number of aromatic nitrogens is 2. The van der Waals surface area contributed by atoms with E-state index >= 15 is 0 Å². The van der Waals surface area contributed by atoms with E-state index in [-0.39, 0.29) is 17.9 Å². The molecule has 1 aliphatic rings. The van der Waals surface area contributed by atoms with Crippen molar-refractivity contribution in [3.8, 4) is 5.69 Å². The van der Waals surface area contributed by atoms with Gasteiger partial charge in [0, 0.05) is 27.7 Å². The summed E-state index contributed by atoms with van der Waals surface area (Å²) in [4.78, 5) is 6.48. The Morgan fingerprint density at radius 1 is 1.00 bits per heavy atom. The van der Waals surface area contributed by atoms with Crippen LogP contribution >= 0.6 is 28.1 Å². The third-order valence-corrected chi connectivity index (χ3v) is 6.93. The van der Waals surface area contributed by atoms with E-state index in [0.717, 1.165) is 32.8 Å². The van der Waals surface area contributed by atoms with Crippen LogP contribution in [0.2, 0.25) is 0 Å². The highest BCUT2D eigenvalue weighted by atomic mass is 79.9. The first-order chi connectivity index (χ1) is 16.0. The predicted molar refractivity (Wildman–Crippen MR) is 137 cm³/mol. The van der Waals surface area contributed by atoms with Crippen LogP contribution < -0.4 is 10.2 Å². The summed E-state index contributed by atoms with van der Waals surface area (Å²) in [7, 11) is 0. The number of benzene rings is 2. The van der Waals surface area contributed by atoms with Crippen LogP contribution in [0.4, 0.5) is 10.1 Å². The molecule has 0 unspecified atom stereocenters. The molecule has 2 atom stereocenters. The number of hydrogen-bond donors (Lipinski definition) is 1. The molecule has 4 aromatic rings. The van der Waals surface area contributed by atoms with Gasteiger partial charge in [-0.2, -0.15) is 0 Å². The molecule has 3 heterocycles. The maximum absolute atomic E-state index is 15.0. The van der Waals surface area contributed by atoms with Crippen molar-refractivity contribution in [1.29, 1.82) is 0 Å². The van der Waals surface area contributed by atoms with Crippen molar-refractivity contribution in [3.63, 3.8) is 0 Å². The van der Waals surface area contributed by atoms with Crippen LogP contribution in [0, 0.1) is 19.7 Å². The summed E-state index contributed by atoms with van der Waals surface area (Å²) in [5.74, 6) is -0.310. The average Bonchev–Trinajstić information content (AvgIpc) is 3.31. The molecule has 2 aromatic heterocycles. The van der Waals surface area contributed by atoms with Crippen LogP contribution in [-0.4, -0.2) is 14.7 Å². The molecule has 7 heteroatoms. The van der Waals surface area contributed by atoms with Gasteiger partial charge in [-0.3, -0.25) is 4.98 Å². The van der Waals surface area contributed by atoms with Gasteiger partial charge in [0.1, 0.15) is 5.82 Å². The lowest BCUT2D eigenvalue weighted by atomic mass is 9.96. The van der Waals surface area contributed by atoms with E-state index in [1.54, 1.807) is 18.3 Å². The molecular weight excluding hydrogens is 499 g/mol. The number of anilines is 1. The number of halogens is 2. The van der Waals surface area contributed by atoms with E-state index in [1.165, 1.54) is 6.07 Å². The van der Waals surface area contributed by atoms with Gasteiger partial charge >= 0.3 is 0 Å². The second kappa shape index (κ2) is 8.72. The molecule has 0 saturated carbocycles. The van der Waals surface area contributed by atoms with Crippen LogP contribution in [0.1, 0.15) is 34.7 Å². The fourth-order valence-electron chi connectivity index (χ4n) is 4.65. The van der Waals surface area contributed by atoms with Gasteiger partial charge in [-0.05, 0) is 86.2 Å². The van der Waals surface area contributed by atoms with Gasteiger partial charge in [-0.25, -0.2) is 4.39 Å². The molecule has 2 aromatic carbocycles. The normalized spacial score (nSPS) is 17.9. The van der Waals surface area contributed by atoms with E-state index in [2.05, 4.69) is 62.8 Å². The molecule has 1 N–H and O–H groups in total. The Balaban J connectivity index is 1.69. The first-order valence-electron chi connectivity index (χ1n) is 10.7. The summed E-state index contributed by atoms with van der Waals surface area (Å²) in [6.07, 6.45) is 1.77. The number of nitrogens with zero attached hydrogens (tertiary/aromatic N) is 3. The lowest BCUT2D eigenvalue weighted by Crippen LogP contribution is -2.30. The van der Waals surface area contributed by atoms with Crippen LogP contribution in [0.25, 0.3) is 5.69 Å². The van der Waals surface area contributed by atoms with E-state index < -0.39 is 0 Å². The number of nitrogens with one attached hydrogen (secondary N) is 1. The zero-order valence-electron chi connectivity index (χ0n) is 18.2. The number of pyridine rings is 1. The molecule has 4 nitrogen and oxygen atoms in total. The van der Waals surface area contributed by atoms with Crippen molar-refractivity contribution in [2.45, 2.75) is 25.9 Å². The number of aryl methyl sites for hydroxylation is 1. The summed E-state index contributed by atoms with van der Waals surface area (Å²) >= 11 is 9.25. The minimum absolute atomic E-state index is 0.225. The summed E-state index contributed by atoms with van der Waals surface area (Å²) < 4.78 is 18.2. The molecule has 1 aliphatic heterocycles. The Labute approximate surface area is 206 Å². The highest BCUT2D eigenvalue weighted by Gasteiger charge is 2.43. The Hall–Kier alpha value is -3.03. The van der Waals surface area contributed by atoms with Crippen molar-refractivity contribution in [2.24, 2.45) is 0 Å². The third-order valence-electron chi connectivity index (χ3n) is 6.08. The van der Waals surface area contributed by atoms with Crippen molar-refractivity contribution in [3.05, 3.63) is 112 Å². The van der Waals surface area contributed by atoms with Gasteiger partial charge in [0.05, 0.1) is 23.5 Å². The first kappa shape index (κ1) is 21.8. The summed E-state index contributed by atoms with van der Waals surface area (Å²) in [5.41, 5.74) is 5.62. The standard InChI is InChI=1S/C26H22BrFN4S/c1-16-15-20(17(2)31(16)19-12-10-18(27)11-13-19)25-24(22-8-5-6-14-29-22)30-26(33)32(25)23-9-4-3-7-21(23)28/h3-15,24-25H,1-2H3,(H,30,33)/t24-,25-/m0/s1. The quantitative estimate of drug-likeness (QED) is 0.308. The molecule has 0 aliphatic carbocycles. The highest BCUT2D eigenvalue weighted by Crippen LogP contribution is 2.44. The zero-order chi connectivity index (χ0) is 23.1. The Kier molecular flexibility index (Phi) is 5.76. The minimum Gasteiger partial charge on any atom is -0.351 e. The summed E-state index contributed by atoms with van der Waals surface area (Å²) in [6, 6.07) is 22.5. The second-order valence-corrected chi connectivity index (χ2v) is 9.39. The second-order valence-electron chi connectivity index (χ2n) is 8.09. The molecule has 0 amide bonds. The van der Waals surface area contributed by atoms with Crippen molar-refractivity contribution in [2.75, 3.05) is 4.90 Å². The highest BCUT2D eigenvalue weighted by molar-refractivity contribution is 9.10. The lowest BCUT2D eigenvalue weighted by Gasteiger charge is -2.28. The fourth-order valence-corrected chi connectivity index (χ4v) is 5.26. The lowest BCUT2D eigenvalue weighted by molar-refractivity contribution is 0.556. The fraction of sp³-hybridized carbons (Fsp3) is 0.154. The van der Waals surface area contributed by atoms with E-state index in [4.69, 9.17) is 12.2 Å². The van der Waals surface area contributed by atoms with Gasteiger partial charge in [-0.1, -0.05) is 34.1 Å². The maximum atomic E-state index is 15.0. The number of hydrogen-bond acceptors (Lipinski definition) is 2. The van der Waals surface area contributed by atoms with Crippen molar-refractivity contribution in [1.82, 2.24) is 14.9 Å². The Morgan fingerprint density at radius 2 is 1.73 bits per heavy atom. The van der Waals surface area contributed by atoms with Gasteiger partial charge in [0.15, 0.2) is 5.11 Å². The minimum atomic E-state index is -0.310. The van der Waals surface area contributed by atoms with E-state index in [9.17, 15) is 4.39 Å². The van der Waals surface area contributed by atoms with Crippen molar-refractivity contribution >= 4 is 38.9 Å². The monoisotopic (exact) mass is 520 g/mol. The molecule has 1 saturated heterocycles. The van der Waals surface area contributed by atoms with Gasteiger partial charge in [0.25, 0.3) is 0 Å². The molecule has 0 bridgehead atoms. The van der Waals surface area contributed by atoms with Gasteiger partial charge in [0.2, 0.25) is 0 Å². The summed E-state index contributed by atoms with van der Waals surface area (Å²) in [6.45, 7) is 4.18. The molecule has 33 heavy (non-hydrogen) atoms. The van der Waals surface area contributed by atoms with Crippen LogP contribution in [0.15, 0.2) is 83.5 Å². The maximum Gasteiger partial charge on any atom is 0.174 e. The molecule has 0 radical (unpaired) electrons. The number of thiocarbonyl (C=S) groups is 1. The van der Waals surface area contributed by atoms with Crippen LogP contribution in [0.3, 0.4) is 0 Å². The number of rotatable bonds is 4. The molecular formula is C26H22BrFN4S. The molecule has 166 valence electrons. The van der Waals surface area contributed by atoms with Gasteiger partial charge in [-0.15, -0.1) is 0 Å². The van der Waals surface area contributed by atoms with Crippen LogP contribution in [-0.2, 0) is 0 Å².